The van der Waals surface area contributed by atoms with Gasteiger partial charge in [-0.1, -0.05) is 30.3 Å². The Labute approximate surface area is 196 Å². The topological polar surface area (TPSA) is 70.2 Å². The Bertz CT molecular complexity index is 939. The number of ether oxygens (including phenoxy) is 1. The largest absolute Gasteiger partial charge is 0.491 e. The van der Waals surface area contributed by atoms with Gasteiger partial charge in [0.1, 0.15) is 6.54 Å². The lowest BCUT2D eigenvalue weighted by molar-refractivity contribution is -0.201. The summed E-state index contributed by atoms with van der Waals surface area (Å²) in [6, 6.07) is 9.85. The van der Waals surface area contributed by atoms with Crippen molar-refractivity contribution in [3.05, 3.63) is 35.9 Å². The van der Waals surface area contributed by atoms with Crippen molar-refractivity contribution in [3.8, 4) is 0 Å². The first-order chi connectivity index (χ1) is 16.0. The van der Waals surface area contributed by atoms with Crippen LogP contribution in [0.4, 0.5) is 18.0 Å². The van der Waals surface area contributed by atoms with Crippen LogP contribution in [0.3, 0.4) is 0 Å². The van der Waals surface area contributed by atoms with E-state index in [2.05, 4.69) is 21.8 Å². The quantitative estimate of drug-likeness (QED) is 0.459. The first kappa shape index (κ1) is 24.5. The zero-order valence-corrected chi connectivity index (χ0v) is 19.4. The minimum atomic E-state index is -5.26. The molecule has 3 fully saturated rings. The van der Waals surface area contributed by atoms with Crippen molar-refractivity contribution in [2.75, 3.05) is 33.7 Å². The lowest BCUT2D eigenvalue weighted by atomic mass is 9.68. The van der Waals surface area contributed by atoms with Crippen molar-refractivity contribution in [1.29, 1.82) is 0 Å². The van der Waals surface area contributed by atoms with Crippen molar-refractivity contribution in [3.63, 3.8) is 0 Å². The molecule has 2 aliphatic carbocycles. The molecular weight excluding hydrogens is 451 g/mol. The molecule has 1 aliphatic heterocycles. The maximum Gasteiger partial charge on any atom is 0.491 e. The first-order valence-corrected chi connectivity index (χ1v) is 11.6. The number of esters is 2. The number of carbonyl (C=O) groups is 3. The number of rotatable bonds is 6. The molecule has 0 radical (unpaired) electrons. The van der Waals surface area contributed by atoms with Gasteiger partial charge in [0.25, 0.3) is 0 Å². The number of halogens is 3. The van der Waals surface area contributed by atoms with Crippen LogP contribution >= 0.6 is 0 Å². The minimum Gasteiger partial charge on any atom is -0.385 e. The summed E-state index contributed by atoms with van der Waals surface area (Å²) in [6.45, 7) is 0.124. The van der Waals surface area contributed by atoms with Crippen LogP contribution < -0.4 is 0 Å². The molecule has 0 N–H and O–H groups in total. The van der Waals surface area contributed by atoms with Crippen LogP contribution in [0.15, 0.2) is 30.3 Å². The molecule has 1 aromatic rings. The van der Waals surface area contributed by atoms with E-state index in [4.69, 9.17) is 0 Å². The Morgan fingerprint density at radius 1 is 1.09 bits per heavy atom. The number of benzene rings is 1. The van der Waals surface area contributed by atoms with Gasteiger partial charge in [-0.3, -0.25) is 4.90 Å². The monoisotopic (exact) mass is 481 g/mol. The molecular formula is C24H30F3N3O4. The maximum atomic E-state index is 13.3. The molecule has 10 heteroatoms. The van der Waals surface area contributed by atoms with Crippen LogP contribution in [0.1, 0.15) is 44.1 Å². The van der Waals surface area contributed by atoms with Crippen molar-refractivity contribution in [2.45, 2.75) is 55.8 Å². The molecule has 3 aliphatic rings. The fourth-order valence-electron chi connectivity index (χ4n) is 5.48. The highest BCUT2D eigenvalue weighted by molar-refractivity contribution is 5.91. The molecule has 0 atom stereocenters. The van der Waals surface area contributed by atoms with Crippen molar-refractivity contribution in [2.24, 2.45) is 5.92 Å². The Hall–Kier alpha value is -2.62. The second-order valence-corrected chi connectivity index (χ2v) is 9.97. The van der Waals surface area contributed by atoms with Gasteiger partial charge < -0.3 is 14.5 Å². The Morgan fingerprint density at radius 3 is 2.24 bits per heavy atom. The van der Waals surface area contributed by atoms with Gasteiger partial charge in [0.05, 0.1) is 5.54 Å². The lowest BCUT2D eigenvalue weighted by Gasteiger charge is -2.51. The molecule has 1 aromatic carbocycles. The summed E-state index contributed by atoms with van der Waals surface area (Å²) in [5, 5.41) is 0. The number of nitrogens with zero attached hydrogens (tertiary/aromatic N) is 3. The first-order valence-electron chi connectivity index (χ1n) is 11.6. The average molecular weight is 482 g/mol. The number of urea groups is 1. The van der Waals surface area contributed by atoms with Crippen LogP contribution in [0.2, 0.25) is 0 Å². The van der Waals surface area contributed by atoms with E-state index < -0.39 is 30.2 Å². The number of hydrogen-bond donors (Lipinski definition) is 0. The highest BCUT2D eigenvalue weighted by atomic mass is 19.4. The third kappa shape index (κ3) is 4.64. The predicted octanol–water partition coefficient (Wildman–Crippen LogP) is 3.54. The standard InChI is InChI=1S/C24H30F3N3O4/c1-28(2)23(18-6-4-3-5-7-18)12-10-22(11-13-23)16-29(21(33)30(22)14-17-8-9-17)15-19(31)34-20(32)24(25,26)27/h3-7,17H,8-16H2,1-2H3. The van der Waals surface area contributed by atoms with E-state index in [-0.39, 0.29) is 18.1 Å². The smallest absolute Gasteiger partial charge is 0.385 e. The summed E-state index contributed by atoms with van der Waals surface area (Å²) in [4.78, 5) is 41.6. The Morgan fingerprint density at radius 2 is 1.71 bits per heavy atom. The summed E-state index contributed by atoms with van der Waals surface area (Å²) in [5.74, 6) is -3.53. The van der Waals surface area contributed by atoms with Gasteiger partial charge in [0.2, 0.25) is 0 Å². The molecule has 0 unspecified atom stereocenters. The lowest BCUT2D eigenvalue weighted by Crippen LogP contribution is -2.55. The van der Waals surface area contributed by atoms with Crippen LogP contribution in [0, 0.1) is 5.92 Å². The zero-order valence-electron chi connectivity index (χ0n) is 19.4. The van der Waals surface area contributed by atoms with Crippen LogP contribution in [-0.4, -0.2) is 78.1 Å². The molecule has 1 saturated heterocycles. The highest BCUT2D eigenvalue weighted by Gasteiger charge is 2.55. The molecule has 186 valence electrons. The van der Waals surface area contributed by atoms with Gasteiger partial charge in [0, 0.05) is 18.6 Å². The van der Waals surface area contributed by atoms with Crippen LogP contribution in [0.25, 0.3) is 0 Å². The minimum absolute atomic E-state index is 0.188. The summed E-state index contributed by atoms with van der Waals surface area (Å²) in [5.41, 5.74) is 0.521. The molecule has 1 spiro atoms. The molecule has 2 amide bonds. The van der Waals surface area contributed by atoms with Gasteiger partial charge in [-0.2, -0.15) is 13.2 Å². The number of amides is 2. The van der Waals surface area contributed by atoms with Crippen molar-refractivity contribution < 1.29 is 32.3 Å². The summed E-state index contributed by atoms with van der Waals surface area (Å²) < 4.78 is 41.3. The fourth-order valence-corrected chi connectivity index (χ4v) is 5.48. The van der Waals surface area contributed by atoms with E-state index in [1.165, 1.54) is 10.5 Å². The second kappa shape index (κ2) is 8.87. The molecule has 7 nitrogen and oxygen atoms in total. The van der Waals surface area contributed by atoms with E-state index >= 15 is 0 Å². The highest BCUT2D eigenvalue weighted by Crippen LogP contribution is 2.49. The summed E-state index contributed by atoms with van der Waals surface area (Å²) >= 11 is 0. The van der Waals surface area contributed by atoms with Crippen LogP contribution in [-0.2, 0) is 19.9 Å². The number of carbonyl (C=O) groups excluding carboxylic acids is 3. The predicted molar refractivity (Wildman–Crippen MR) is 117 cm³/mol. The summed E-state index contributed by atoms with van der Waals surface area (Å²) in [7, 11) is 4.10. The van der Waals surface area contributed by atoms with Gasteiger partial charge in [-0.05, 0) is 64.1 Å². The normalized spacial score (nSPS) is 27.5. The summed E-state index contributed by atoms with van der Waals surface area (Å²) in [6.07, 6.45) is -0.203. The molecule has 1 heterocycles. The molecule has 0 aromatic heterocycles. The third-order valence-corrected chi connectivity index (χ3v) is 7.63. The van der Waals surface area contributed by atoms with E-state index in [9.17, 15) is 27.6 Å². The average Bonchev–Trinajstić information content (AvgIpc) is 3.57. The molecule has 2 saturated carbocycles. The number of alkyl halides is 3. The zero-order chi connectivity index (χ0) is 24.7. The van der Waals surface area contributed by atoms with E-state index in [1.807, 2.05) is 37.2 Å². The van der Waals surface area contributed by atoms with Gasteiger partial charge >= 0.3 is 24.1 Å². The molecule has 0 bridgehead atoms. The Balaban J connectivity index is 1.52. The molecule has 4 rings (SSSR count). The van der Waals surface area contributed by atoms with Crippen LogP contribution in [0.5, 0.6) is 0 Å². The Kier molecular flexibility index (Phi) is 6.39. The van der Waals surface area contributed by atoms with E-state index in [0.29, 0.717) is 25.3 Å². The maximum absolute atomic E-state index is 13.3. The van der Waals surface area contributed by atoms with E-state index in [1.54, 1.807) is 0 Å². The van der Waals surface area contributed by atoms with Crippen molar-refractivity contribution in [1.82, 2.24) is 14.7 Å². The number of hydrogen-bond acceptors (Lipinski definition) is 5. The molecule has 34 heavy (non-hydrogen) atoms. The van der Waals surface area contributed by atoms with Gasteiger partial charge in [0.15, 0.2) is 0 Å². The SMILES string of the molecule is CN(C)C1(c2ccccc2)CCC2(CC1)CN(CC(=O)OC(=O)C(F)(F)F)C(=O)N2CC1CC1. The van der Waals surface area contributed by atoms with Gasteiger partial charge in [-0.25, -0.2) is 14.4 Å². The fraction of sp³-hybridized carbons (Fsp3) is 0.625. The van der Waals surface area contributed by atoms with Gasteiger partial charge in [-0.15, -0.1) is 0 Å². The third-order valence-electron chi connectivity index (χ3n) is 7.63. The van der Waals surface area contributed by atoms with E-state index in [0.717, 1.165) is 25.7 Å². The van der Waals surface area contributed by atoms with Crippen molar-refractivity contribution >= 4 is 18.0 Å². The second-order valence-electron chi connectivity index (χ2n) is 9.97.